The Morgan fingerprint density at radius 1 is 0.811 bits per heavy atom. The lowest BCUT2D eigenvalue weighted by molar-refractivity contribution is -0.119. The topological polar surface area (TPSA) is 160 Å². The largest absolute Gasteiger partial charge is 0.444 e. The standard InChI is InChI=1S/C16H21N3O3.C11H13N3O/c1-16(2,3)22-15(21)18-9-11-4-5-12-6-7-19(10-14(17)20)13(12)8-11;12-6-8-1-2-9-3-4-14(7-11(13)15)10(9)5-8/h4-8H,9-10H2,1-3H3,(H2,17,20)(H,18,21);1-5H,6-7,12H2,(H2,13,15). The first-order valence-electron chi connectivity index (χ1n) is 11.8. The Kier molecular flexibility index (Phi) is 8.56. The molecular formula is C27H34N6O4. The number of carbonyl (C=O) groups excluding carboxylic acids is 3. The van der Waals surface area contributed by atoms with E-state index in [1.54, 1.807) is 4.57 Å². The highest BCUT2D eigenvalue weighted by molar-refractivity contribution is 5.84. The zero-order valence-corrected chi connectivity index (χ0v) is 21.4. The summed E-state index contributed by atoms with van der Waals surface area (Å²) in [6, 6.07) is 15.6. The molecule has 2 aromatic heterocycles. The lowest BCUT2D eigenvalue weighted by Gasteiger charge is -2.19. The fourth-order valence-electron chi connectivity index (χ4n) is 3.80. The number of alkyl carbamates (subject to hydrolysis) is 1. The summed E-state index contributed by atoms with van der Waals surface area (Å²) in [5.74, 6) is -0.736. The number of primary amides is 2. The van der Waals surface area contributed by atoms with Crippen molar-refractivity contribution >= 4 is 39.7 Å². The molecule has 4 aromatic rings. The number of carbonyl (C=O) groups is 3. The van der Waals surface area contributed by atoms with Crippen molar-refractivity contribution < 1.29 is 19.1 Å². The van der Waals surface area contributed by atoms with E-state index in [0.717, 1.165) is 32.9 Å². The summed E-state index contributed by atoms with van der Waals surface area (Å²) in [6.45, 7) is 6.63. The number of hydrogen-bond acceptors (Lipinski definition) is 5. The smallest absolute Gasteiger partial charge is 0.407 e. The van der Waals surface area contributed by atoms with E-state index in [0.29, 0.717) is 13.1 Å². The second-order valence-corrected chi connectivity index (χ2v) is 9.67. The Morgan fingerprint density at radius 2 is 1.30 bits per heavy atom. The minimum absolute atomic E-state index is 0.131. The van der Waals surface area contributed by atoms with Gasteiger partial charge in [-0.1, -0.05) is 24.3 Å². The summed E-state index contributed by atoms with van der Waals surface area (Å²) >= 11 is 0. The van der Waals surface area contributed by atoms with Crippen LogP contribution in [0.2, 0.25) is 0 Å². The van der Waals surface area contributed by atoms with Gasteiger partial charge in [-0.05, 0) is 66.9 Å². The Morgan fingerprint density at radius 3 is 1.76 bits per heavy atom. The van der Waals surface area contributed by atoms with Gasteiger partial charge in [0.05, 0.1) is 0 Å². The van der Waals surface area contributed by atoms with Gasteiger partial charge in [0.15, 0.2) is 0 Å². The van der Waals surface area contributed by atoms with Crippen molar-refractivity contribution in [3.8, 4) is 0 Å². The molecule has 196 valence electrons. The van der Waals surface area contributed by atoms with Crippen molar-refractivity contribution in [2.45, 2.75) is 52.6 Å². The van der Waals surface area contributed by atoms with Gasteiger partial charge in [0.1, 0.15) is 18.7 Å². The van der Waals surface area contributed by atoms with E-state index >= 15 is 0 Å². The van der Waals surface area contributed by atoms with E-state index in [4.69, 9.17) is 21.9 Å². The van der Waals surface area contributed by atoms with Crippen LogP contribution in [0.1, 0.15) is 31.9 Å². The molecule has 2 heterocycles. The minimum atomic E-state index is -0.524. The van der Waals surface area contributed by atoms with Crippen LogP contribution in [0.15, 0.2) is 60.9 Å². The van der Waals surface area contributed by atoms with Gasteiger partial charge in [0, 0.05) is 36.5 Å². The highest BCUT2D eigenvalue weighted by Gasteiger charge is 2.15. The Labute approximate surface area is 215 Å². The molecule has 0 unspecified atom stereocenters. The van der Waals surface area contributed by atoms with Crippen molar-refractivity contribution in [1.82, 2.24) is 14.5 Å². The predicted molar refractivity (Wildman–Crippen MR) is 143 cm³/mol. The minimum Gasteiger partial charge on any atom is -0.444 e. The Hall–Kier alpha value is -4.31. The summed E-state index contributed by atoms with van der Waals surface area (Å²) in [4.78, 5) is 33.6. The third-order valence-corrected chi connectivity index (χ3v) is 5.40. The second-order valence-electron chi connectivity index (χ2n) is 9.67. The van der Waals surface area contributed by atoms with Gasteiger partial charge in [0.2, 0.25) is 11.8 Å². The lowest BCUT2D eigenvalue weighted by Crippen LogP contribution is -2.32. The summed E-state index contributed by atoms with van der Waals surface area (Å²) in [5, 5.41) is 4.82. The van der Waals surface area contributed by atoms with Crippen LogP contribution in [0.3, 0.4) is 0 Å². The average molecular weight is 507 g/mol. The number of amides is 3. The van der Waals surface area contributed by atoms with E-state index in [1.807, 2.05) is 86.3 Å². The first-order chi connectivity index (χ1) is 17.4. The van der Waals surface area contributed by atoms with Gasteiger partial charge < -0.3 is 36.4 Å². The van der Waals surface area contributed by atoms with Crippen LogP contribution in [0.5, 0.6) is 0 Å². The molecule has 7 N–H and O–H groups in total. The van der Waals surface area contributed by atoms with Gasteiger partial charge in [-0.25, -0.2) is 4.79 Å². The van der Waals surface area contributed by atoms with Gasteiger partial charge >= 0.3 is 6.09 Å². The maximum absolute atomic E-state index is 11.7. The van der Waals surface area contributed by atoms with Crippen molar-refractivity contribution in [1.29, 1.82) is 0 Å². The van der Waals surface area contributed by atoms with Crippen LogP contribution >= 0.6 is 0 Å². The monoisotopic (exact) mass is 506 g/mol. The van der Waals surface area contributed by atoms with E-state index in [9.17, 15) is 14.4 Å². The average Bonchev–Trinajstić information content (AvgIpc) is 3.39. The third-order valence-electron chi connectivity index (χ3n) is 5.40. The number of ether oxygens (including phenoxy) is 1. The number of nitrogens with two attached hydrogens (primary N) is 3. The van der Waals surface area contributed by atoms with Crippen LogP contribution in [0, 0.1) is 0 Å². The Bertz CT molecular complexity index is 1410. The van der Waals surface area contributed by atoms with E-state index in [-0.39, 0.29) is 19.0 Å². The summed E-state index contributed by atoms with van der Waals surface area (Å²) in [6.07, 6.45) is 3.22. The van der Waals surface area contributed by atoms with Crippen LogP contribution < -0.4 is 22.5 Å². The molecule has 10 heteroatoms. The molecule has 37 heavy (non-hydrogen) atoms. The fraction of sp³-hybridized carbons (Fsp3) is 0.296. The molecular weight excluding hydrogens is 472 g/mol. The normalized spacial score (nSPS) is 11.1. The summed E-state index contributed by atoms with van der Waals surface area (Å²) < 4.78 is 8.81. The third kappa shape index (κ3) is 7.84. The number of hydrogen-bond donors (Lipinski definition) is 4. The molecule has 0 bridgehead atoms. The second kappa shape index (κ2) is 11.6. The van der Waals surface area contributed by atoms with E-state index in [2.05, 4.69) is 5.32 Å². The molecule has 0 spiro atoms. The predicted octanol–water partition coefficient (Wildman–Crippen LogP) is 2.74. The van der Waals surface area contributed by atoms with Gasteiger partial charge in [0.25, 0.3) is 0 Å². The highest BCUT2D eigenvalue weighted by Crippen LogP contribution is 2.19. The molecule has 0 saturated carbocycles. The number of nitrogens with one attached hydrogen (secondary N) is 1. The molecule has 3 amide bonds. The van der Waals surface area contributed by atoms with Crippen molar-refractivity contribution in [2.24, 2.45) is 17.2 Å². The molecule has 0 aliphatic carbocycles. The molecule has 0 saturated heterocycles. The summed E-state index contributed by atoms with van der Waals surface area (Å²) in [5.41, 5.74) is 19.3. The van der Waals surface area contributed by atoms with Gasteiger partial charge in [-0.2, -0.15) is 0 Å². The SMILES string of the molecule is CC(C)(C)OC(=O)NCc1ccc2ccn(CC(N)=O)c2c1.NCc1ccc2ccn(CC(N)=O)c2c1. The number of rotatable bonds is 7. The van der Waals surface area contributed by atoms with Crippen LogP contribution in [0.25, 0.3) is 21.8 Å². The van der Waals surface area contributed by atoms with Crippen LogP contribution in [0.4, 0.5) is 4.79 Å². The zero-order valence-electron chi connectivity index (χ0n) is 21.4. The van der Waals surface area contributed by atoms with E-state index < -0.39 is 17.6 Å². The number of aromatic nitrogens is 2. The van der Waals surface area contributed by atoms with Crippen molar-refractivity contribution in [3.05, 3.63) is 72.1 Å². The Balaban J connectivity index is 0.000000220. The van der Waals surface area contributed by atoms with Gasteiger partial charge in [-0.15, -0.1) is 0 Å². The zero-order chi connectivity index (χ0) is 27.2. The highest BCUT2D eigenvalue weighted by atomic mass is 16.6. The maximum atomic E-state index is 11.7. The molecule has 4 rings (SSSR count). The van der Waals surface area contributed by atoms with Crippen LogP contribution in [-0.2, 0) is 40.5 Å². The molecule has 10 nitrogen and oxygen atoms in total. The molecule has 0 radical (unpaired) electrons. The fourth-order valence-corrected chi connectivity index (χ4v) is 3.80. The summed E-state index contributed by atoms with van der Waals surface area (Å²) in [7, 11) is 0. The van der Waals surface area contributed by atoms with E-state index in [1.165, 1.54) is 0 Å². The molecule has 2 aromatic carbocycles. The van der Waals surface area contributed by atoms with Gasteiger partial charge in [-0.3, -0.25) is 9.59 Å². The quantitative estimate of drug-likeness (QED) is 0.303. The molecule has 0 fully saturated rings. The number of nitrogens with zero attached hydrogens (tertiary/aromatic N) is 2. The van der Waals surface area contributed by atoms with Crippen molar-refractivity contribution in [2.75, 3.05) is 0 Å². The molecule has 0 atom stereocenters. The molecule has 0 aliphatic heterocycles. The van der Waals surface area contributed by atoms with Crippen LogP contribution in [-0.4, -0.2) is 32.6 Å². The van der Waals surface area contributed by atoms with Crippen molar-refractivity contribution in [3.63, 3.8) is 0 Å². The maximum Gasteiger partial charge on any atom is 0.407 e. The first kappa shape index (κ1) is 27.3. The lowest BCUT2D eigenvalue weighted by atomic mass is 10.1. The molecule has 0 aliphatic rings. The number of fused-ring (bicyclic) bond motifs is 2. The first-order valence-corrected chi connectivity index (χ1v) is 11.8. The number of benzene rings is 2.